The van der Waals surface area contributed by atoms with E-state index >= 15 is 0 Å². The lowest BCUT2D eigenvalue weighted by Gasteiger charge is -2.25. The zero-order valence-corrected chi connectivity index (χ0v) is 14.5. The first kappa shape index (κ1) is 17.6. The molecule has 0 aliphatic carbocycles. The van der Waals surface area contributed by atoms with Crippen molar-refractivity contribution in [1.82, 2.24) is 4.31 Å². The van der Waals surface area contributed by atoms with Gasteiger partial charge in [0.25, 0.3) is 0 Å². The molecule has 1 unspecified atom stereocenters. The van der Waals surface area contributed by atoms with Crippen LogP contribution in [-0.4, -0.2) is 32.3 Å². The van der Waals surface area contributed by atoms with Crippen LogP contribution in [-0.2, 0) is 14.8 Å². The molecule has 1 heterocycles. The highest BCUT2D eigenvalue weighted by molar-refractivity contribution is 7.89. The van der Waals surface area contributed by atoms with E-state index in [1.807, 2.05) is 0 Å². The molecule has 0 N–H and O–H groups in total. The van der Waals surface area contributed by atoms with Gasteiger partial charge in [-0.15, -0.1) is 0 Å². The van der Waals surface area contributed by atoms with Gasteiger partial charge < -0.3 is 4.74 Å². The number of sulfonamides is 1. The third-order valence-electron chi connectivity index (χ3n) is 4.34. The van der Waals surface area contributed by atoms with Crippen molar-refractivity contribution in [3.8, 4) is 0 Å². The van der Waals surface area contributed by atoms with Crippen LogP contribution in [0, 0.1) is 5.82 Å². The highest BCUT2D eigenvalue weighted by Crippen LogP contribution is 2.37. The van der Waals surface area contributed by atoms with Crippen LogP contribution < -0.4 is 0 Å². The molecular formula is C18H18FNO4S. The first-order valence-electron chi connectivity index (χ1n) is 7.90. The second-order valence-corrected chi connectivity index (χ2v) is 7.67. The van der Waals surface area contributed by atoms with Crippen molar-refractivity contribution in [3.05, 3.63) is 65.5 Å². The quantitative estimate of drug-likeness (QED) is 0.783. The SMILES string of the molecule is COC(=O)c1ccccc1S(=O)(=O)N1CCCC1c1ccc(F)cc1. The number of ether oxygens (including phenoxy) is 1. The van der Waals surface area contributed by atoms with Gasteiger partial charge in [-0.05, 0) is 42.7 Å². The molecule has 1 aliphatic heterocycles. The van der Waals surface area contributed by atoms with Crippen molar-refractivity contribution < 1.29 is 22.3 Å². The molecular weight excluding hydrogens is 345 g/mol. The second-order valence-electron chi connectivity index (χ2n) is 5.81. The number of esters is 1. The van der Waals surface area contributed by atoms with Gasteiger partial charge in [-0.3, -0.25) is 0 Å². The first-order chi connectivity index (χ1) is 11.9. The van der Waals surface area contributed by atoms with Gasteiger partial charge >= 0.3 is 5.97 Å². The molecule has 0 spiro atoms. The third-order valence-corrected chi connectivity index (χ3v) is 6.30. The Morgan fingerprint density at radius 1 is 1.16 bits per heavy atom. The summed E-state index contributed by atoms with van der Waals surface area (Å²) in [6.45, 7) is 0.347. The van der Waals surface area contributed by atoms with Crippen LogP contribution in [0.5, 0.6) is 0 Å². The van der Waals surface area contributed by atoms with Crippen LogP contribution >= 0.6 is 0 Å². The lowest BCUT2D eigenvalue weighted by atomic mass is 10.1. The number of halogens is 1. The molecule has 0 saturated carbocycles. The van der Waals surface area contributed by atoms with E-state index in [9.17, 15) is 17.6 Å². The number of methoxy groups -OCH3 is 1. The molecule has 0 radical (unpaired) electrons. The van der Waals surface area contributed by atoms with Crippen molar-refractivity contribution in [1.29, 1.82) is 0 Å². The normalized spacial score (nSPS) is 18.2. The Morgan fingerprint density at radius 2 is 1.84 bits per heavy atom. The zero-order chi connectivity index (χ0) is 18.0. The summed E-state index contributed by atoms with van der Waals surface area (Å²) < 4.78 is 45.6. The molecule has 3 rings (SSSR count). The molecule has 2 aromatic rings. The predicted molar refractivity (Wildman–Crippen MR) is 90.0 cm³/mol. The van der Waals surface area contributed by atoms with E-state index in [0.29, 0.717) is 19.4 Å². The number of nitrogens with zero attached hydrogens (tertiary/aromatic N) is 1. The summed E-state index contributed by atoms with van der Waals surface area (Å²) in [6, 6.07) is 11.5. The minimum Gasteiger partial charge on any atom is -0.465 e. The number of benzene rings is 2. The molecule has 1 fully saturated rings. The summed E-state index contributed by atoms with van der Waals surface area (Å²) >= 11 is 0. The number of carbonyl (C=O) groups excluding carboxylic acids is 1. The van der Waals surface area contributed by atoms with E-state index in [0.717, 1.165) is 5.56 Å². The van der Waals surface area contributed by atoms with E-state index in [4.69, 9.17) is 4.74 Å². The maximum absolute atomic E-state index is 13.2. The fraction of sp³-hybridized carbons (Fsp3) is 0.278. The molecule has 0 bridgehead atoms. The topological polar surface area (TPSA) is 63.7 Å². The lowest BCUT2D eigenvalue weighted by Crippen LogP contribution is -2.31. The van der Waals surface area contributed by atoms with Gasteiger partial charge in [0, 0.05) is 6.54 Å². The fourth-order valence-corrected chi connectivity index (χ4v) is 5.01. The summed E-state index contributed by atoms with van der Waals surface area (Å²) in [5.41, 5.74) is 0.743. The fourth-order valence-electron chi connectivity index (χ4n) is 3.14. The Labute approximate surface area is 146 Å². The van der Waals surface area contributed by atoms with E-state index in [-0.39, 0.29) is 22.3 Å². The summed E-state index contributed by atoms with van der Waals surface area (Å²) in [7, 11) is -2.68. The molecule has 0 aromatic heterocycles. The van der Waals surface area contributed by atoms with E-state index < -0.39 is 16.0 Å². The Kier molecular flexibility index (Phi) is 4.87. The van der Waals surface area contributed by atoms with Crippen LogP contribution in [0.15, 0.2) is 53.4 Å². The molecule has 25 heavy (non-hydrogen) atoms. The maximum atomic E-state index is 13.2. The molecule has 2 aromatic carbocycles. The number of hydrogen-bond acceptors (Lipinski definition) is 4. The Morgan fingerprint density at radius 3 is 2.52 bits per heavy atom. The van der Waals surface area contributed by atoms with Crippen LogP contribution in [0.4, 0.5) is 4.39 Å². The number of rotatable bonds is 4. The molecule has 1 saturated heterocycles. The van der Waals surface area contributed by atoms with Gasteiger partial charge in [0.05, 0.1) is 23.6 Å². The minimum absolute atomic E-state index is 0.00903. The zero-order valence-electron chi connectivity index (χ0n) is 13.7. The Hall–Kier alpha value is -2.25. The summed E-state index contributed by atoms with van der Waals surface area (Å²) in [6.07, 6.45) is 1.34. The van der Waals surface area contributed by atoms with Crippen molar-refractivity contribution in [2.75, 3.05) is 13.7 Å². The van der Waals surface area contributed by atoms with Gasteiger partial charge in [-0.1, -0.05) is 24.3 Å². The first-order valence-corrected chi connectivity index (χ1v) is 9.34. The minimum atomic E-state index is -3.89. The van der Waals surface area contributed by atoms with Gasteiger partial charge in [-0.25, -0.2) is 17.6 Å². The second kappa shape index (κ2) is 6.93. The Bertz CT molecular complexity index is 880. The molecule has 1 atom stereocenters. The van der Waals surface area contributed by atoms with Crippen molar-refractivity contribution in [2.45, 2.75) is 23.8 Å². The van der Waals surface area contributed by atoms with Crippen molar-refractivity contribution in [2.24, 2.45) is 0 Å². The molecule has 0 amide bonds. The average Bonchev–Trinajstić information content (AvgIpc) is 3.12. The molecule has 5 nitrogen and oxygen atoms in total. The summed E-state index contributed by atoms with van der Waals surface area (Å²) in [4.78, 5) is 11.9. The lowest BCUT2D eigenvalue weighted by molar-refractivity contribution is 0.0596. The standard InChI is InChI=1S/C18H18FNO4S/c1-24-18(21)15-5-2-3-7-17(15)25(22,23)20-12-4-6-16(20)13-8-10-14(19)11-9-13/h2-3,5,7-11,16H,4,6,12H2,1H3. The van der Waals surface area contributed by atoms with E-state index in [1.165, 1.54) is 35.7 Å². The Balaban J connectivity index is 2.02. The summed E-state index contributed by atoms with van der Waals surface area (Å²) in [5.74, 6) is -1.07. The van der Waals surface area contributed by atoms with Gasteiger partial charge in [0.2, 0.25) is 10.0 Å². The van der Waals surface area contributed by atoms with Crippen molar-refractivity contribution >= 4 is 16.0 Å². The highest BCUT2D eigenvalue weighted by Gasteiger charge is 2.38. The largest absolute Gasteiger partial charge is 0.465 e. The highest BCUT2D eigenvalue weighted by atomic mass is 32.2. The van der Waals surface area contributed by atoms with Crippen LogP contribution in [0.3, 0.4) is 0 Å². The number of hydrogen-bond donors (Lipinski definition) is 0. The van der Waals surface area contributed by atoms with Crippen LogP contribution in [0.1, 0.15) is 34.8 Å². The van der Waals surface area contributed by atoms with Crippen molar-refractivity contribution in [3.63, 3.8) is 0 Å². The number of carbonyl (C=O) groups is 1. The van der Waals surface area contributed by atoms with E-state index in [2.05, 4.69) is 0 Å². The van der Waals surface area contributed by atoms with E-state index in [1.54, 1.807) is 24.3 Å². The molecule has 1 aliphatic rings. The van der Waals surface area contributed by atoms with Crippen LogP contribution in [0.2, 0.25) is 0 Å². The summed E-state index contributed by atoms with van der Waals surface area (Å²) in [5, 5.41) is 0. The smallest absolute Gasteiger partial charge is 0.339 e. The van der Waals surface area contributed by atoms with Gasteiger partial charge in [0.1, 0.15) is 5.82 Å². The molecule has 7 heteroatoms. The monoisotopic (exact) mass is 363 g/mol. The maximum Gasteiger partial charge on any atom is 0.339 e. The average molecular weight is 363 g/mol. The predicted octanol–water partition coefficient (Wildman–Crippen LogP) is 3.14. The van der Waals surface area contributed by atoms with Gasteiger partial charge in [0.15, 0.2) is 0 Å². The third kappa shape index (κ3) is 3.29. The van der Waals surface area contributed by atoms with Gasteiger partial charge in [-0.2, -0.15) is 4.31 Å². The molecule has 132 valence electrons. The van der Waals surface area contributed by atoms with Crippen LogP contribution in [0.25, 0.3) is 0 Å².